The van der Waals surface area contributed by atoms with Crippen LogP contribution in [0.5, 0.6) is 0 Å². The van der Waals surface area contributed by atoms with Gasteiger partial charge in [0.1, 0.15) is 23.1 Å². The lowest BCUT2D eigenvalue weighted by Gasteiger charge is -2.34. The van der Waals surface area contributed by atoms with Crippen molar-refractivity contribution in [2.45, 2.75) is 6.92 Å². The van der Waals surface area contributed by atoms with Crippen LogP contribution < -0.4 is 16.2 Å². The number of hydrogen-bond acceptors (Lipinski definition) is 6. The Morgan fingerprint density at radius 1 is 1.35 bits per heavy atom. The minimum absolute atomic E-state index is 0.202. The lowest BCUT2D eigenvalue weighted by Crippen LogP contribution is -2.45. The first-order chi connectivity index (χ1) is 12.4. The molecule has 0 aliphatic carbocycles. The van der Waals surface area contributed by atoms with E-state index in [1.54, 1.807) is 18.3 Å². The van der Waals surface area contributed by atoms with Crippen LogP contribution in [0.2, 0.25) is 0 Å². The molecular weight excluding hydrogens is 332 g/mol. The van der Waals surface area contributed by atoms with Crippen molar-refractivity contribution >= 4 is 23.4 Å². The molecule has 0 unspecified atom stereocenters. The fourth-order valence-electron chi connectivity index (χ4n) is 2.99. The zero-order chi connectivity index (χ0) is 18.8. The van der Waals surface area contributed by atoms with Gasteiger partial charge in [0.25, 0.3) is 11.5 Å². The normalized spacial score (nSPS) is 15.9. The van der Waals surface area contributed by atoms with Crippen molar-refractivity contribution in [1.82, 2.24) is 14.3 Å². The summed E-state index contributed by atoms with van der Waals surface area (Å²) in [6.45, 7) is 4.95. The smallest absolute Gasteiger partial charge is 0.267 e. The van der Waals surface area contributed by atoms with E-state index in [1.807, 2.05) is 24.9 Å². The van der Waals surface area contributed by atoms with Gasteiger partial charge in [-0.05, 0) is 31.7 Å². The molecule has 0 saturated carbocycles. The molecule has 1 aliphatic heterocycles. The van der Waals surface area contributed by atoms with E-state index in [0.29, 0.717) is 24.6 Å². The van der Waals surface area contributed by atoms with E-state index >= 15 is 0 Å². The van der Waals surface area contributed by atoms with Gasteiger partial charge in [0.05, 0.1) is 5.56 Å². The number of amides is 1. The Hall–Kier alpha value is -3.18. The van der Waals surface area contributed by atoms with Gasteiger partial charge < -0.3 is 15.5 Å². The van der Waals surface area contributed by atoms with Gasteiger partial charge in [-0.1, -0.05) is 6.07 Å². The number of nitriles is 1. The average Bonchev–Trinajstić information content (AvgIpc) is 2.62. The van der Waals surface area contributed by atoms with Crippen molar-refractivity contribution in [2.75, 3.05) is 38.1 Å². The second kappa shape index (κ2) is 6.98. The minimum Gasteiger partial charge on any atom is -0.365 e. The van der Waals surface area contributed by atoms with Crippen molar-refractivity contribution in [3.63, 3.8) is 0 Å². The third-order valence-electron chi connectivity index (χ3n) is 4.54. The molecule has 0 atom stereocenters. The van der Waals surface area contributed by atoms with Crippen LogP contribution in [0.3, 0.4) is 0 Å². The first-order valence-corrected chi connectivity index (χ1v) is 8.29. The number of aryl methyl sites for hydroxylation is 1. The summed E-state index contributed by atoms with van der Waals surface area (Å²) in [7, 11) is 2.03. The Labute approximate surface area is 150 Å². The summed E-state index contributed by atoms with van der Waals surface area (Å²) in [6.07, 6.45) is 2.87. The highest BCUT2D eigenvalue weighted by atomic mass is 16.1. The van der Waals surface area contributed by atoms with Crippen molar-refractivity contribution in [2.24, 2.45) is 5.73 Å². The quantitative estimate of drug-likeness (QED) is 0.622. The molecule has 26 heavy (non-hydrogen) atoms. The second-order valence-electron chi connectivity index (χ2n) is 6.36. The standard InChI is InChI=1S/C18H20N6O2/c1-12-4-3-5-24-16(12)21-17(23-8-6-22(2)7-9-23)14(18(24)26)10-13(11-19)15(20)25/h3-5,10H,6-9H2,1-2H3,(H2,20,25)/b13-10+. The molecule has 2 N–H and O–H groups in total. The van der Waals surface area contributed by atoms with Crippen molar-refractivity contribution < 1.29 is 4.79 Å². The fourth-order valence-corrected chi connectivity index (χ4v) is 2.99. The van der Waals surface area contributed by atoms with Crippen molar-refractivity contribution in [3.8, 4) is 6.07 Å². The lowest BCUT2D eigenvalue weighted by atomic mass is 10.1. The van der Waals surface area contributed by atoms with E-state index in [0.717, 1.165) is 18.7 Å². The van der Waals surface area contributed by atoms with Gasteiger partial charge in [0.2, 0.25) is 0 Å². The Kier molecular flexibility index (Phi) is 4.73. The van der Waals surface area contributed by atoms with Gasteiger partial charge >= 0.3 is 0 Å². The third-order valence-corrected chi connectivity index (χ3v) is 4.54. The molecule has 1 fully saturated rings. The van der Waals surface area contributed by atoms with Crippen LogP contribution in [0.1, 0.15) is 11.1 Å². The van der Waals surface area contributed by atoms with Crippen molar-refractivity contribution in [3.05, 3.63) is 45.4 Å². The third kappa shape index (κ3) is 3.17. The summed E-state index contributed by atoms with van der Waals surface area (Å²) < 4.78 is 1.43. The summed E-state index contributed by atoms with van der Waals surface area (Å²) in [4.78, 5) is 33.4. The highest BCUT2D eigenvalue weighted by molar-refractivity contribution is 6.01. The summed E-state index contributed by atoms with van der Waals surface area (Å²) >= 11 is 0. The Morgan fingerprint density at radius 2 is 2.04 bits per heavy atom. The number of carbonyl (C=O) groups excluding carboxylic acids is 1. The fraction of sp³-hybridized carbons (Fsp3) is 0.333. The number of likely N-dealkylation sites (N-methyl/N-ethyl adjacent to an activating group) is 1. The number of pyridine rings is 1. The first kappa shape index (κ1) is 17.6. The molecular formula is C18H20N6O2. The molecule has 8 nitrogen and oxygen atoms in total. The average molecular weight is 352 g/mol. The van der Waals surface area contributed by atoms with Crippen LogP contribution in [0, 0.1) is 18.3 Å². The molecule has 3 heterocycles. The highest BCUT2D eigenvalue weighted by Gasteiger charge is 2.22. The highest BCUT2D eigenvalue weighted by Crippen LogP contribution is 2.21. The number of primary amides is 1. The Balaban J connectivity index is 2.28. The predicted octanol–water partition coefficient (Wildman–Crippen LogP) is 0.147. The molecule has 8 heteroatoms. The van der Waals surface area contributed by atoms with Crippen LogP contribution in [0.4, 0.5) is 5.82 Å². The maximum absolute atomic E-state index is 13.1. The van der Waals surface area contributed by atoms with E-state index in [1.165, 1.54) is 10.5 Å². The largest absolute Gasteiger partial charge is 0.365 e. The van der Waals surface area contributed by atoms with Crippen LogP contribution >= 0.6 is 0 Å². The number of carbonyl (C=O) groups is 1. The number of piperazine rings is 1. The van der Waals surface area contributed by atoms with Crippen LogP contribution in [0.15, 0.2) is 28.7 Å². The molecule has 3 rings (SSSR count). The summed E-state index contributed by atoms with van der Waals surface area (Å²) in [5.74, 6) is -0.392. The van der Waals surface area contributed by atoms with Gasteiger partial charge in [0, 0.05) is 32.4 Å². The number of rotatable bonds is 3. The monoisotopic (exact) mass is 352 g/mol. The first-order valence-electron chi connectivity index (χ1n) is 8.29. The van der Waals surface area contributed by atoms with Gasteiger partial charge in [-0.2, -0.15) is 5.26 Å². The van der Waals surface area contributed by atoms with Gasteiger partial charge in [-0.25, -0.2) is 4.98 Å². The lowest BCUT2D eigenvalue weighted by molar-refractivity contribution is -0.114. The number of fused-ring (bicyclic) bond motifs is 1. The van der Waals surface area contributed by atoms with Crippen LogP contribution in [-0.4, -0.2) is 53.4 Å². The molecule has 134 valence electrons. The molecule has 1 saturated heterocycles. The Morgan fingerprint density at radius 3 is 2.65 bits per heavy atom. The van der Waals surface area contributed by atoms with Gasteiger partial charge in [-0.15, -0.1) is 0 Å². The topological polar surface area (TPSA) is 108 Å². The number of aromatic nitrogens is 2. The molecule has 0 aromatic carbocycles. The summed E-state index contributed by atoms with van der Waals surface area (Å²) in [5.41, 5.74) is 6.27. The molecule has 0 radical (unpaired) electrons. The zero-order valence-corrected chi connectivity index (χ0v) is 14.8. The van der Waals surface area contributed by atoms with E-state index in [9.17, 15) is 14.9 Å². The molecule has 1 aliphatic rings. The molecule has 1 amide bonds. The maximum Gasteiger partial charge on any atom is 0.267 e. The summed E-state index contributed by atoms with van der Waals surface area (Å²) in [6, 6.07) is 5.40. The van der Waals surface area contributed by atoms with E-state index < -0.39 is 5.91 Å². The molecule has 2 aromatic heterocycles. The van der Waals surface area contributed by atoms with E-state index in [2.05, 4.69) is 4.90 Å². The van der Waals surface area contributed by atoms with Crippen LogP contribution in [-0.2, 0) is 4.79 Å². The number of anilines is 1. The molecule has 2 aromatic rings. The van der Waals surface area contributed by atoms with E-state index in [-0.39, 0.29) is 16.7 Å². The number of nitrogens with two attached hydrogens (primary N) is 1. The SMILES string of the molecule is Cc1cccn2c(=O)c(/C=C(\C#N)C(N)=O)c(N3CCN(C)CC3)nc12. The van der Waals surface area contributed by atoms with Crippen molar-refractivity contribution in [1.29, 1.82) is 5.26 Å². The van der Waals surface area contributed by atoms with E-state index in [4.69, 9.17) is 10.7 Å². The van der Waals surface area contributed by atoms with Gasteiger partial charge in [0.15, 0.2) is 0 Å². The minimum atomic E-state index is -0.870. The predicted molar refractivity (Wildman–Crippen MR) is 98.7 cm³/mol. The van der Waals surface area contributed by atoms with Gasteiger partial charge in [-0.3, -0.25) is 14.0 Å². The number of nitrogens with zero attached hydrogens (tertiary/aromatic N) is 5. The molecule has 0 bridgehead atoms. The van der Waals surface area contributed by atoms with Crippen LogP contribution in [0.25, 0.3) is 11.7 Å². The maximum atomic E-state index is 13.1. The number of hydrogen-bond donors (Lipinski definition) is 1. The summed E-state index contributed by atoms with van der Waals surface area (Å²) in [5, 5.41) is 9.17. The zero-order valence-electron chi connectivity index (χ0n) is 14.8. The Bertz CT molecular complexity index is 993. The molecule has 0 spiro atoms. The second-order valence-corrected chi connectivity index (χ2v) is 6.36.